The number of aromatic hydroxyl groups is 1. The molecule has 10 heteroatoms. The van der Waals surface area contributed by atoms with Crippen LogP contribution in [0.1, 0.15) is 31.2 Å². The number of carbonyl (C=O) groups excluding carboxylic acids is 1. The average molecular weight is 479 g/mol. The third-order valence-corrected chi connectivity index (χ3v) is 6.62. The van der Waals surface area contributed by atoms with Gasteiger partial charge in [-0.25, -0.2) is 19.6 Å². The first-order valence-electron chi connectivity index (χ1n) is 9.38. The Morgan fingerprint density at radius 3 is 2.03 bits per heavy atom. The Bertz CT molecular complexity index is 1350. The molecule has 1 aliphatic rings. The fourth-order valence-corrected chi connectivity index (χ4v) is 4.58. The lowest BCUT2D eigenvalue weighted by Gasteiger charge is -1.99. The lowest BCUT2D eigenvalue weighted by atomic mass is 10.1. The molecule has 0 radical (unpaired) electrons. The number of hydrogen-bond acceptors (Lipinski definition) is 7. The van der Waals surface area contributed by atoms with Gasteiger partial charge in [-0.15, -0.1) is 11.3 Å². The molecule has 4 rings (SSSR count). The Labute approximate surface area is 195 Å². The summed E-state index contributed by atoms with van der Waals surface area (Å²) in [6, 6.07) is 12.3. The van der Waals surface area contributed by atoms with Gasteiger partial charge in [0.25, 0.3) is 5.91 Å². The highest BCUT2D eigenvalue weighted by molar-refractivity contribution is 8.19. The number of hydrogen-bond donors (Lipinski definition) is 3. The topological polar surface area (TPSA) is 137 Å². The Hall–Kier alpha value is -4.02. The average Bonchev–Trinajstić information content (AvgIpc) is 3.36. The number of allylic oxidation sites excluding steroid dienone is 2. The van der Waals surface area contributed by atoms with Crippen LogP contribution < -0.4 is 0 Å². The molecule has 33 heavy (non-hydrogen) atoms. The number of aliphatic imine (C=N–C) groups is 1. The van der Waals surface area contributed by atoms with Crippen molar-refractivity contribution < 1.29 is 29.7 Å². The molecule has 0 aliphatic carbocycles. The molecule has 0 saturated heterocycles. The number of benzene rings is 2. The van der Waals surface area contributed by atoms with E-state index < -0.39 is 17.8 Å². The van der Waals surface area contributed by atoms with Gasteiger partial charge in [-0.2, -0.15) is 0 Å². The van der Waals surface area contributed by atoms with E-state index in [1.54, 1.807) is 42.5 Å². The molecule has 2 aromatic carbocycles. The molecule has 2 heterocycles. The van der Waals surface area contributed by atoms with Crippen molar-refractivity contribution in [3.63, 3.8) is 0 Å². The smallest absolute Gasteiger partial charge is 0.335 e. The number of aromatic carboxylic acids is 2. The van der Waals surface area contributed by atoms with E-state index in [1.165, 1.54) is 47.4 Å². The molecule has 0 saturated carbocycles. The summed E-state index contributed by atoms with van der Waals surface area (Å²) in [7, 11) is 0. The molecule has 0 spiro atoms. The number of amides is 1. The van der Waals surface area contributed by atoms with Gasteiger partial charge in [0.05, 0.1) is 20.9 Å². The Morgan fingerprint density at radius 1 is 0.879 bits per heavy atom. The van der Waals surface area contributed by atoms with E-state index in [-0.39, 0.29) is 17.0 Å². The number of thiazole rings is 1. The second kappa shape index (κ2) is 9.23. The highest BCUT2D eigenvalue weighted by Crippen LogP contribution is 2.34. The maximum atomic E-state index is 12.2. The lowest BCUT2D eigenvalue weighted by molar-refractivity contribution is -0.113. The van der Waals surface area contributed by atoms with E-state index in [0.29, 0.717) is 31.0 Å². The summed E-state index contributed by atoms with van der Waals surface area (Å²) < 4.78 is 0. The van der Waals surface area contributed by atoms with Crippen LogP contribution in [-0.4, -0.2) is 43.2 Å². The second-order valence-corrected chi connectivity index (χ2v) is 8.75. The zero-order valence-electron chi connectivity index (χ0n) is 16.6. The Balaban J connectivity index is 1.46. The number of thioether (sulfide) groups is 1. The number of carboxylic acid groups (broad SMARTS) is 2. The van der Waals surface area contributed by atoms with Crippen LogP contribution in [0.4, 0.5) is 0 Å². The molecule has 3 N–H and O–H groups in total. The first-order valence-corrected chi connectivity index (χ1v) is 11.0. The van der Waals surface area contributed by atoms with Crippen LogP contribution >= 0.6 is 23.1 Å². The molecule has 0 fully saturated rings. The minimum absolute atomic E-state index is 0.147. The first kappa shape index (κ1) is 22.2. The second-order valence-electron chi connectivity index (χ2n) is 6.69. The SMILES string of the molecule is O=C1N=C(c2ccc(C(=O)O)cc2)S/C1=C/C=Cc1sc(-c2ccc(C(=O)O)cc2)nc1O. The highest BCUT2D eigenvalue weighted by atomic mass is 32.2. The summed E-state index contributed by atoms with van der Waals surface area (Å²) in [4.78, 5) is 43.1. The monoisotopic (exact) mass is 478 g/mol. The van der Waals surface area contributed by atoms with Gasteiger partial charge >= 0.3 is 11.9 Å². The quantitative estimate of drug-likeness (QED) is 0.440. The lowest BCUT2D eigenvalue weighted by Crippen LogP contribution is -1.97. The van der Waals surface area contributed by atoms with Gasteiger partial charge in [-0.1, -0.05) is 42.1 Å². The van der Waals surface area contributed by atoms with E-state index in [0.717, 1.165) is 0 Å². The molecule has 8 nitrogen and oxygen atoms in total. The third-order valence-electron chi connectivity index (χ3n) is 4.51. The van der Waals surface area contributed by atoms with Crippen molar-refractivity contribution in [1.82, 2.24) is 4.98 Å². The fourth-order valence-electron chi connectivity index (χ4n) is 2.84. The van der Waals surface area contributed by atoms with Crippen LogP contribution in [0, 0.1) is 0 Å². The van der Waals surface area contributed by atoms with Crippen LogP contribution in [0.25, 0.3) is 16.6 Å². The van der Waals surface area contributed by atoms with Crippen molar-refractivity contribution in [3.05, 3.63) is 87.2 Å². The molecule has 164 valence electrons. The van der Waals surface area contributed by atoms with Gasteiger partial charge in [-0.3, -0.25) is 4.79 Å². The normalized spacial score (nSPS) is 14.7. The molecule has 1 amide bonds. The minimum atomic E-state index is -1.03. The summed E-state index contributed by atoms with van der Waals surface area (Å²) in [5, 5.41) is 29.1. The van der Waals surface area contributed by atoms with Crippen molar-refractivity contribution >= 4 is 52.1 Å². The number of rotatable bonds is 6. The van der Waals surface area contributed by atoms with Crippen molar-refractivity contribution in [2.45, 2.75) is 0 Å². The summed E-state index contributed by atoms with van der Waals surface area (Å²) in [5.74, 6) is -2.64. The summed E-state index contributed by atoms with van der Waals surface area (Å²) in [5.41, 5.74) is 1.62. The Kier molecular flexibility index (Phi) is 6.20. The maximum absolute atomic E-state index is 12.2. The van der Waals surface area contributed by atoms with Crippen molar-refractivity contribution in [1.29, 1.82) is 0 Å². The van der Waals surface area contributed by atoms with Gasteiger partial charge in [0.15, 0.2) is 0 Å². The molecule has 0 unspecified atom stereocenters. The number of carbonyl (C=O) groups is 3. The van der Waals surface area contributed by atoms with E-state index in [2.05, 4.69) is 9.98 Å². The highest BCUT2D eigenvalue weighted by Gasteiger charge is 2.22. The summed E-state index contributed by atoms with van der Waals surface area (Å²) in [6.07, 6.45) is 4.80. The summed E-state index contributed by atoms with van der Waals surface area (Å²) >= 11 is 2.39. The molecular weight excluding hydrogens is 464 g/mol. The van der Waals surface area contributed by atoms with E-state index in [1.807, 2.05) is 0 Å². The Morgan fingerprint density at radius 2 is 1.45 bits per heavy atom. The van der Waals surface area contributed by atoms with Gasteiger partial charge in [0.1, 0.15) is 10.1 Å². The van der Waals surface area contributed by atoms with Crippen molar-refractivity contribution in [2.75, 3.05) is 0 Å². The molecule has 3 aromatic rings. The van der Waals surface area contributed by atoms with Crippen LogP contribution in [-0.2, 0) is 4.79 Å². The molecule has 0 atom stereocenters. The predicted octanol–water partition coefficient (Wildman–Crippen LogP) is 4.53. The third kappa shape index (κ3) is 4.92. The minimum Gasteiger partial charge on any atom is -0.492 e. The van der Waals surface area contributed by atoms with Crippen molar-refractivity contribution in [3.8, 4) is 16.5 Å². The standard InChI is InChI=1S/C23H14N2O6S2/c26-18-16(32-20(24-18)12-4-8-14(9-5-12)22(28)29)2-1-3-17-19(27)25-21(33-17)13-6-10-15(11-7-13)23(30)31/h1-11,26H,(H,28,29)(H,30,31)/b2-1?,17-3+. The number of carboxylic acids is 2. The molecular formula is C23H14N2O6S2. The van der Waals surface area contributed by atoms with Gasteiger partial charge < -0.3 is 15.3 Å². The predicted molar refractivity (Wildman–Crippen MR) is 126 cm³/mol. The van der Waals surface area contributed by atoms with Crippen molar-refractivity contribution in [2.24, 2.45) is 4.99 Å². The fraction of sp³-hybridized carbons (Fsp3) is 0. The zero-order chi connectivity index (χ0) is 23.5. The van der Waals surface area contributed by atoms with Gasteiger partial charge in [0, 0.05) is 11.1 Å². The van der Waals surface area contributed by atoms with E-state index >= 15 is 0 Å². The summed E-state index contributed by atoms with van der Waals surface area (Å²) in [6.45, 7) is 0. The zero-order valence-corrected chi connectivity index (χ0v) is 18.3. The molecule has 0 bridgehead atoms. The largest absolute Gasteiger partial charge is 0.492 e. The van der Waals surface area contributed by atoms with E-state index in [4.69, 9.17) is 10.2 Å². The number of aromatic nitrogens is 1. The first-order chi connectivity index (χ1) is 15.8. The molecule has 1 aliphatic heterocycles. The number of nitrogens with zero attached hydrogens (tertiary/aromatic N) is 2. The van der Waals surface area contributed by atoms with Crippen LogP contribution in [0.2, 0.25) is 0 Å². The van der Waals surface area contributed by atoms with E-state index in [9.17, 15) is 19.5 Å². The van der Waals surface area contributed by atoms with Crippen LogP contribution in [0.5, 0.6) is 5.88 Å². The van der Waals surface area contributed by atoms with Crippen LogP contribution in [0.3, 0.4) is 0 Å². The molecule has 1 aromatic heterocycles. The maximum Gasteiger partial charge on any atom is 0.335 e. The van der Waals surface area contributed by atoms with Gasteiger partial charge in [-0.05, 0) is 36.4 Å². The van der Waals surface area contributed by atoms with Crippen LogP contribution in [0.15, 0.2) is 70.6 Å². The van der Waals surface area contributed by atoms with Gasteiger partial charge in [0.2, 0.25) is 5.88 Å².